The summed E-state index contributed by atoms with van der Waals surface area (Å²) in [4.78, 5) is 34.9. The maximum Gasteiger partial charge on any atom is 0.274 e. The van der Waals surface area contributed by atoms with Crippen molar-refractivity contribution in [3.05, 3.63) is 45.1 Å². The van der Waals surface area contributed by atoms with Gasteiger partial charge in [0.2, 0.25) is 0 Å². The molecule has 2 fully saturated rings. The van der Waals surface area contributed by atoms with E-state index in [0.717, 1.165) is 24.2 Å². The average Bonchev–Trinajstić information content (AvgIpc) is 3.21. The van der Waals surface area contributed by atoms with Crippen LogP contribution in [0.1, 0.15) is 54.2 Å². The van der Waals surface area contributed by atoms with Crippen molar-refractivity contribution in [1.82, 2.24) is 19.3 Å². The molecule has 8 heteroatoms. The Hall–Kier alpha value is -2.38. The number of H-pyrrole nitrogens is 1. The van der Waals surface area contributed by atoms with Crippen molar-refractivity contribution in [1.29, 1.82) is 0 Å². The lowest BCUT2D eigenvalue weighted by atomic mass is 9.89. The number of ether oxygens (including phenoxy) is 1. The molecular formula is C21H23ClN4O3. The van der Waals surface area contributed by atoms with Gasteiger partial charge >= 0.3 is 0 Å². The fourth-order valence-electron chi connectivity index (χ4n) is 4.56. The van der Waals surface area contributed by atoms with E-state index in [2.05, 4.69) is 9.97 Å². The monoisotopic (exact) mass is 414 g/mol. The van der Waals surface area contributed by atoms with E-state index in [0.29, 0.717) is 53.8 Å². The third kappa shape index (κ3) is 3.22. The molecule has 0 spiro atoms. The van der Waals surface area contributed by atoms with Crippen molar-refractivity contribution in [3.63, 3.8) is 0 Å². The lowest BCUT2D eigenvalue weighted by Gasteiger charge is -2.27. The highest BCUT2D eigenvalue weighted by Crippen LogP contribution is 2.33. The number of rotatable bonds is 2. The van der Waals surface area contributed by atoms with E-state index in [1.165, 1.54) is 19.3 Å². The zero-order valence-electron chi connectivity index (χ0n) is 16.1. The second-order valence-electron chi connectivity index (χ2n) is 7.88. The van der Waals surface area contributed by atoms with Gasteiger partial charge in [-0.2, -0.15) is 0 Å². The number of aromatic nitrogens is 3. The molecule has 7 nitrogen and oxygen atoms in total. The molecule has 0 bridgehead atoms. The van der Waals surface area contributed by atoms with E-state index in [9.17, 15) is 9.59 Å². The number of halogens is 1. The third-order valence-corrected chi connectivity index (χ3v) is 6.41. The van der Waals surface area contributed by atoms with Crippen molar-refractivity contribution >= 4 is 34.1 Å². The van der Waals surface area contributed by atoms with Gasteiger partial charge < -0.3 is 14.6 Å². The summed E-state index contributed by atoms with van der Waals surface area (Å²) in [6, 6.07) is 3.47. The lowest BCUT2D eigenvalue weighted by molar-refractivity contribution is 0.0303. The van der Waals surface area contributed by atoms with Crippen LogP contribution in [0.25, 0.3) is 16.6 Å². The predicted molar refractivity (Wildman–Crippen MR) is 111 cm³/mol. The Bertz CT molecular complexity index is 1140. The van der Waals surface area contributed by atoms with E-state index < -0.39 is 0 Å². The number of nitrogens with zero attached hydrogens (tertiary/aromatic N) is 3. The minimum Gasteiger partial charge on any atom is -0.378 e. The highest BCUT2D eigenvalue weighted by Gasteiger charge is 2.25. The molecule has 3 heterocycles. The first kappa shape index (κ1) is 18.6. The lowest BCUT2D eigenvalue weighted by Crippen LogP contribution is -2.40. The SMILES string of the molecule is O=C(c1cc2[nH]c(=O)c3cnc(C4CCCCC4)n3c2cc1Cl)N1CCOCC1. The maximum atomic E-state index is 13.0. The molecule has 3 aromatic rings. The van der Waals surface area contributed by atoms with E-state index in [4.69, 9.17) is 16.3 Å². The minimum absolute atomic E-state index is 0.140. The molecule has 0 radical (unpaired) electrons. The summed E-state index contributed by atoms with van der Waals surface area (Å²) < 4.78 is 7.26. The summed E-state index contributed by atoms with van der Waals surface area (Å²) in [5, 5.41) is 0.380. The van der Waals surface area contributed by atoms with Crippen LogP contribution in [-0.2, 0) is 4.74 Å². The van der Waals surface area contributed by atoms with Gasteiger partial charge in [-0.15, -0.1) is 0 Å². The summed E-state index contributed by atoms with van der Waals surface area (Å²) in [7, 11) is 0. The van der Waals surface area contributed by atoms with E-state index in [-0.39, 0.29) is 11.5 Å². The fraction of sp³-hybridized carbons (Fsp3) is 0.476. The van der Waals surface area contributed by atoms with Gasteiger partial charge in [0.1, 0.15) is 11.3 Å². The van der Waals surface area contributed by atoms with Gasteiger partial charge in [0.25, 0.3) is 11.5 Å². The first-order chi connectivity index (χ1) is 14.1. The molecule has 1 N–H and O–H groups in total. The molecule has 1 amide bonds. The van der Waals surface area contributed by atoms with Crippen LogP contribution in [0.15, 0.2) is 23.1 Å². The number of carbonyl (C=O) groups is 1. The van der Waals surface area contributed by atoms with E-state index in [1.807, 2.05) is 4.40 Å². The molecule has 152 valence electrons. The summed E-state index contributed by atoms with van der Waals surface area (Å²) in [5.41, 5.74) is 2.08. The van der Waals surface area contributed by atoms with E-state index >= 15 is 0 Å². The first-order valence-electron chi connectivity index (χ1n) is 10.2. The van der Waals surface area contributed by atoms with Crippen LogP contribution in [0.3, 0.4) is 0 Å². The number of hydrogen-bond acceptors (Lipinski definition) is 4. The summed E-state index contributed by atoms with van der Waals surface area (Å²) in [6.45, 7) is 2.12. The van der Waals surface area contributed by atoms with E-state index in [1.54, 1.807) is 23.2 Å². The number of nitrogens with one attached hydrogen (secondary N) is 1. The molecule has 1 aliphatic carbocycles. The Morgan fingerprint density at radius 2 is 1.90 bits per heavy atom. The molecule has 0 atom stereocenters. The molecule has 2 aromatic heterocycles. The molecule has 1 aliphatic heterocycles. The summed E-state index contributed by atoms with van der Waals surface area (Å²) >= 11 is 6.56. The zero-order valence-corrected chi connectivity index (χ0v) is 16.9. The number of imidazole rings is 1. The predicted octanol–water partition coefficient (Wildman–Crippen LogP) is 3.35. The number of morpholine rings is 1. The number of aromatic amines is 1. The van der Waals surface area contributed by atoms with Crippen LogP contribution in [0, 0.1) is 0 Å². The highest BCUT2D eigenvalue weighted by atomic mass is 35.5. The van der Waals surface area contributed by atoms with Gasteiger partial charge in [-0.1, -0.05) is 30.9 Å². The Morgan fingerprint density at radius 1 is 1.14 bits per heavy atom. The molecule has 29 heavy (non-hydrogen) atoms. The van der Waals surface area contributed by atoms with Crippen molar-refractivity contribution < 1.29 is 9.53 Å². The highest BCUT2D eigenvalue weighted by molar-refractivity contribution is 6.34. The molecule has 5 rings (SSSR count). The molecule has 0 unspecified atom stereocenters. The Labute approximate surface area is 172 Å². The Morgan fingerprint density at radius 3 is 2.66 bits per heavy atom. The first-order valence-corrected chi connectivity index (χ1v) is 10.6. The van der Waals surface area contributed by atoms with Crippen LogP contribution >= 0.6 is 11.6 Å². The Balaban J connectivity index is 1.65. The van der Waals surface area contributed by atoms with Gasteiger partial charge in [-0.25, -0.2) is 4.98 Å². The van der Waals surface area contributed by atoms with Crippen molar-refractivity contribution in [2.75, 3.05) is 26.3 Å². The molecule has 1 saturated heterocycles. The van der Waals surface area contributed by atoms with Gasteiger partial charge in [-0.3, -0.25) is 14.0 Å². The summed E-state index contributed by atoms with van der Waals surface area (Å²) in [6.07, 6.45) is 7.41. The largest absolute Gasteiger partial charge is 0.378 e. The van der Waals surface area contributed by atoms with Crippen molar-refractivity contribution in [2.45, 2.75) is 38.0 Å². The van der Waals surface area contributed by atoms with Crippen molar-refractivity contribution in [3.8, 4) is 0 Å². The Kier molecular flexibility index (Phi) is 4.80. The minimum atomic E-state index is -0.209. The standard InChI is InChI=1S/C21H23ClN4O3/c22-15-11-17-16(10-14(15)21(28)25-6-8-29-9-7-25)24-20(27)18-12-23-19(26(17)18)13-4-2-1-3-5-13/h10-13H,1-9H2,(H,24,27). The van der Waals surface area contributed by atoms with Crippen LogP contribution in [-0.4, -0.2) is 51.5 Å². The van der Waals surface area contributed by atoms with Crippen molar-refractivity contribution in [2.24, 2.45) is 0 Å². The number of benzene rings is 1. The molecule has 1 aromatic carbocycles. The fourth-order valence-corrected chi connectivity index (χ4v) is 4.80. The van der Waals surface area contributed by atoms with Gasteiger partial charge in [0.05, 0.1) is 41.0 Å². The quantitative estimate of drug-likeness (QED) is 0.697. The van der Waals surface area contributed by atoms with Gasteiger partial charge in [-0.05, 0) is 25.0 Å². The number of amides is 1. The number of hydrogen-bond donors (Lipinski definition) is 1. The average molecular weight is 415 g/mol. The van der Waals surface area contributed by atoms with Crippen LogP contribution in [0.4, 0.5) is 0 Å². The molecule has 2 aliphatic rings. The van der Waals surface area contributed by atoms with Gasteiger partial charge in [0, 0.05) is 19.0 Å². The number of carbonyl (C=O) groups excluding carboxylic acids is 1. The maximum absolute atomic E-state index is 13.0. The second kappa shape index (κ2) is 7.46. The molecule has 1 saturated carbocycles. The zero-order chi connectivity index (χ0) is 20.0. The second-order valence-corrected chi connectivity index (χ2v) is 8.29. The smallest absolute Gasteiger partial charge is 0.274 e. The molecular weight excluding hydrogens is 392 g/mol. The topological polar surface area (TPSA) is 79.7 Å². The van der Waals surface area contributed by atoms with Crippen LogP contribution in [0.2, 0.25) is 5.02 Å². The van der Waals surface area contributed by atoms with Crippen LogP contribution in [0.5, 0.6) is 0 Å². The normalized spacial score (nSPS) is 18.6. The van der Waals surface area contributed by atoms with Crippen LogP contribution < -0.4 is 5.56 Å². The summed E-state index contributed by atoms with van der Waals surface area (Å²) in [5.74, 6) is 1.11. The third-order valence-electron chi connectivity index (χ3n) is 6.10. The van der Waals surface area contributed by atoms with Gasteiger partial charge in [0.15, 0.2) is 0 Å². The number of fused-ring (bicyclic) bond motifs is 3.